The van der Waals surface area contributed by atoms with Crippen LogP contribution in [0.2, 0.25) is 0 Å². The maximum atomic E-state index is 12.4. The van der Waals surface area contributed by atoms with Gasteiger partial charge in [0.25, 0.3) is 0 Å². The Balaban J connectivity index is 1.31. The fraction of sp³-hybridized carbons (Fsp3) is 0.217. The molecule has 2 aromatic heterocycles. The Hall–Kier alpha value is -2.86. The topological polar surface area (TPSA) is 62.7 Å². The number of H-pyrrole nitrogens is 1. The zero-order valence-corrected chi connectivity index (χ0v) is 17.9. The van der Waals surface area contributed by atoms with Gasteiger partial charge in [0.1, 0.15) is 0 Å². The summed E-state index contributed by atoms with van der Waals surface area (Å²) in [5.74, 6) is 0.542. The number of aryl methyl sites for hydroxylation is 2. The summed E-state index contributed by atoms with van der Waals surface area (Å²) in [6, 6.07) is 16.6. The monoisotopic (exact) mass is 450 g/mol. The van der Waals surface area contributed by atoms with Gasteiger partial charge in [-0.15, -0.1) is 0 Å². The smallest absolute Gasteiger partial charge is 0.225 e. The van der Waals surface area contributed by atoms with Gasteiger partial charge in [-0.05, 0) is 52.9 Å². The average Bonchev–Trinajstić information content (AvgIpc) is 3.27. The number of nitrogens with one attached hydrogen (secondary N) is 2. The van der Waals surface area contributed by atoms with Crippen LogP contribution in [-0.2, 0) is 17.8 Å². The molecule has 0 unspecified atom stereocenters. The predicted octanol–water partition coefficient (Wildman–Crippen LogP) is 5.45. The molecule has 1 amide bonds. The molecule has 2 aromatic carbocycles. The molecule has 0 atom stereocenters. The minimum atomic E-state index is -0.0221. The lowest BCUT2D eigenvalue weighted by Crippen LogP contribution is -2.13. The van der Waals surface area contributed by atoms with Crippen LogP contribution in [0, 0.1) is 6.92 Å². The molecular weight excluding hydrogens is 428 g/mol. The SMILES string of the molecule is Cc1ccc(Cn2cc(Br)c(NC(=O)CCCc3c[nH]c4ccccc34)n2)cc1. The van der Waals surface area contributed by atoms with Crippen molar-refractivity contribution in [3.8, 4) is 0 Å². The fourth-order valence-electron chi connectivity index (χ4n) is 3.42. The highest BCUT2D eigenvalue weighted by atomic mass is 79.9. The van der Waals surface area contributed by atoms with Crippen LogP contribution in [0.25, 0.3) is 10.9 Å². The molecule has 2 N–H and O–H groups in total. The molecule has 4 aromatic rings. The Labute approximate surface area is 178 Å². The summed E-state index contributed by atoms with van der Waals surface area (Å²) in [4.78, 5) is 15.7. The van der Waals surface area contributed by atoms with Crippen molar-refractivity contribution >= 4 is 38.6 Å². The fourth-order valence-corrected chi connectivity index (χ4v) is 3.83. The number of hydrogen-bond donors (Lipinski definition) is 2. The molecule has 148 valence electrons. The average molecular weight is 451 g/mol. The van der Waals surface area contributed by atoms with E-state index in [2.05, 4.69) is 74.7 Å². The lowest BCUT2D eigenvalue weighted by molar-refractivity contribution is -0.116. The van der Waals surface area contributed by atoms with E-state index in [1.165, 1.54) is 22.1 Å². The summed E-state index contributed by atoms with van der Waals surface area (Å²) in [5.41, 5.74) is 4.78. The van der Waals surface area contributed by atoms with Crippen molar-refractivity contribution in [2.24, 2.45) is 0 Å². The number of aromatic nitrogens is 3. The lowest BCUT2D eigenvalue weighted by atomic mass is 10.1. The van der Waals surface area contributed by atoms with E-state index in [0.29, 0.717) is 18.8 Å². The quantitative estimate of drug-likeness (QED) is 0.393. The second kappa shape index (κ2) is 8.66. The van der Waals surface area contributed by atoms with Crippen molar-refractivity contribution in [1.29, 1.82) is 0 Å². The van der Waals surface area contributed by atoms with Gasteiger partial charge in [0.05, 0.1) is 11.0 Å². The number of hydrogen-bond acceptors (Lipinski definition) is 2. The second-order valence-corrected chi connectivity index (χ2v) is 8.12. The summed E-state index contributed by atoms with van der Waals surface area (Å²) < 4.78 is 2.62. The molecule has 0 spiro atoms. The van der Waals surface area contributed by atoms with Crippen molar-refractivity contribution < 1.29 is 4.79 Å². The van der Waals surface area contributed by atoms with Crippen molar-refractivity contribution in [2.45, 2.75) is 32.7 Å². The van der Waals surface area contributed by atoms with Crippen LogP contribution in [0.3, 0.4) is 0 Å². The maximum absolute atomic E-state index is 12.4. The number of fused-ring (bicyclic) bond motifs is 1. The molecule has 2 heterocycles. The number of carbonyl (C=O) groups is 1. The van der Waals surface area contributed by atoms with E-state index in [-0.39, 0.29) is 5.91 Å². The summed E-state index contributed by atoms with van der Waals surface area (Å²) >= 11 is 3.50. The first-order valence-electron chi connectivity index (χ1n) is 9.72. The molecular formula is C23H23BrN4O. The number of rotatable bonds is 7. The maximum Gasteiger partial charge on any atom is 0.225 e. The van der Waals surface area contributed by atoms with Gasteiger partial charge in [-0.3, -0.25) is 9.48 Å². The van der Waals surface area contributed by atoms with Gasteiger partial charge in [-0.25, -0.2) is 0 Å². The number of carbonyl (C=O) groups excluding carboxylic acids is 1. The van der Waals surface area contributed by atoms with Crippen molar-refractivity contribution in [1.82, 2.24) is 14.8 Å². The molecule has 0 aliphatic heterocycles. The normalized spacial score (nSPS) is 11.1. The Bertz CT molecular complexity index is 1130. The number of para-hydroxylation sites is 1. The Morgan fingerprint density at radius 2 is 1.97 bits per heavy atom. The largest absolute Gasteiger partial charge is 0.361 e. The van der Waals surface area contributed by atoms with E-state index in [1.54, 1.807) is 0 Å². The van der Waals surface area contributed by atoms with E-state index in [4.69, 9.17) is 0 Å². The van der Waals surface area contributed by atoms with Crippen molar-refractivity contribution in [2.75, 3.05) is 5.32 Å². The highest BCUT2D eigenvalue weighted by Crippen LogP contribution is 2.22. The number of benzene rings is 2. The first-order chi connectivity index (χ1) is 14.1. The molecule has 0 aliphatic carbocycles. The zero-order valence-electron chi connectivity index (χ0n) is 16.3. The number of anilines is 1. The third-order valence-electron chi connectivity index (χ3n) is 4.96. The predicted molar refractivity (Wildman–Crippen MR) is 120 cm³/mol. The van der Waals surface area contributed by atoms with E-state index in [0.717, 1.165) is 22.8 Å². The van der Waals surface area contributed by atoms with E-state index >= 15 is 0 Å². The van der Waals surface area contributed by atoms with Crippen molar-refractivity contribution in [3.05, 3.63) is 82.1 Å². The molecule has 0 bridgehead atoms. The van der Waals surface area contributed by atoms with E-state index in [9.17, 15) is 4.79 Å². The van der Waals surface area contributed by atoms with Crippen LogP contribution in [0.1, 0.15) is 29.5 Å². The number of halogens is 1. The van der Waals surface area contributed by atoms with E-state index < -0.39 is 0 Å². The highest BCUT2D eigenvalue weighted by molar-refractivity contribution is 9.10. The molecule has 0 fully saturated rings. The van der Waals surface area contributed by atoms with Gasteiger partial charge in [-0.1, -0.05) is 48.0 Å². The van der Waals surface area contributed by atoms with Gasteiger partial charge in [0.2, 0.25) is 5.91 Å². The molecule has 5 nitrogen and oxygen atoms in total. The number of amides is 1. The first-order valence-corrected chi connectivity index (χ1v) is 10.5. The van der Waals surface area contributed by atoms with Crippen LogP contribution in [0.15, 0.2) is 65.4 Å². The molecule has 6 heteroatoms. The Morgan fingerprint density at radius 3 is 2.79 bits per heavy atom. The zero-order chi connectivity index (χ0) is 20.2. The molecule has 4 rings (SSSR count). The minimum absolute atomic E-state index is 0.0221. The third-order valence-corrected chi connectivity index (χ3v) is 5.55. The molecule has 0 saturated heterocycles. The van der Waals surface area contributed by atoms with Crippen LogP contribution >= 0.6 is 15.9 Å². The summed E-state index contributed by atoms with van der Waals surface area (Å²) in [5, 5.41) is 8.64. The number of nitrogens with zero attached hydrogens (tertiary/aromatic N) is 2. The van der Waals surface area contributed by atoms with Crippen molar-refractivity contribution in [3.63, 3.8) is 0 Å². The molecule has 0 radical (unpaired) electrons. The minimum Gasteiger partial charge on any atom is -0.361 e. The van der Waals surface area contributed by atoms with Gasteiger partial charge in [0, 0.05) is 29.7 Å². The summed E-state index contributed by atoms with van der Waals surface area (Å²) in [7, 11) is 0. The summed E-state index contributed by atoms with van der Waals surface area (Å²) in [6.07, 6.45) is 6.03. The lowest BCUT2D eigenvalue weighted by Gasteiger charge is -2.04. The highest BCUT2D eigenvalue weighted by Gasteiger charge is 2.11. The molecule has 29 heavy (non-hydrogen) atoms. The molecule has 0 saturated carbocycles. The molecule has 0 aliphatic rings. The van der Waals surface area contributed by atoms with Crippen LogP contribution in [-0.4, -0.2) is 20.7 Å². The first kappa shape index (κ1) is 19.5. The Kier molecular flexibility index (Phi) is 5.81. The number of aromatic amines is 1. The van der Waals surface area contributed by atoms with Crippen LogP contribution in [0.5, 0.6) is 0 Å². The van der Waals surface area contributed by atoms with Gasteiger partial charge < -0.3 is 10.3 Å². The van der Waals surface area contributed by atoms with Crippen LogP contribution in [0.4, 0.5) is 5.82 Å². The van der Waals surface area contributed by atoms with Gasteiger partial charge >= 0.3 is 0 Å². The third kappa shape index (κ3) is 4.77. The second-order valence-electron chi connectivity index (χ2n) is 7.27. The van der Waals surface area contributed by atoms with Crippen LogP contribution < -0.4 is 5.32 Å². The van der Waals surface area contributed by atoms with E-state index in [1.807, 2.05) is 29.2 Å². The Morgan fingerprint density at radius 1 is 1.17 bits per heavy atom. The standard InChI is InChI=1S/C23H23BrN4O/c1-16-9-11-17(12-10-16)14-28-15-20(24)23(27-28)26-22(29)8-4-5-18-13-25-21-7-3-2-6-19(18)21/h2-3,6-7,9-13,15,25H,4-5,8,14H2,1H3,(H,26,27,29). The summed E-state index contributed by atoms with van der Waals surface area (Å²) in [6.45, 7) is 2.73. The van der Waals surface area contributed by atoms with Gasteiger partial charge in [0.15, 0.2) is 5.82 Å². The van der Waals surface area contributed by atoms with Gasteiger partial charge in [-0.2, -0.15) is 5.10 Å².